The maximum absolute atomic E-state index is 13.2. The number of hydrogen-bond acceptors (Lipinski definition) is 4. The van der Waals surface area contributed by atoms with Crippen LogP contribution in [0, 0.1) is 11.7 Å². The van der Waals surface area contributed by atoms with E-state index in [2.05, 4.69) is 9.82 Å². The largest absolute Gasteiger partial charge is 0.381 e. The van der Waals surface area contributed by atoms with Crippen molar-refractivity contribution in [3.63, 3.8) is 0 Å². The minimum Gasteiger partial charge on any atom is -0.381 e. The van der Waals surface area contributed by atoms with Crippen LogP contribution in [-0.2, 0) is 27.1 Å². The van der Waals surface area contributed by atoms with E-state index in [-0.39, 0.29) is 5.75 Å². The van der Waals surface area contributed by atoms with E-state index in [0.717, 1.165) is 32.6 Å². The molecule has 1 saturated heterocycles. The average Bonchev–Trinajstić information content (AvgIpc) is 2.94. The molecule has 6 nitrogen and oxygen atoms in total. The normalized spacial score (nSPS) is 16.2. The molecule has 1 aromatic carbocycles. The van der Waals surface area contributed by atoms with Gasteiger partial charge in [-0.15, -0.1) is 0 Å². The van der Waals surface area contributed by atoms with Gasteiger partial charge in [0.25, 0.3) is 0 Å². The van der Waals surface area contributed by atoms with Crippen LogP contribution in [0.3, 0.4) is 0 Å². The van der Waals surface area contributed by atoms with Crippen LogP contribution in [0.1, 0.15) is 18.4 Å². The summed E-state index contributed by atoms with van der Waals surface area (Å²) in [6.45, 7) is 2.27. The summed E-state index contributed by atoms with van der Waals surface area (Å²) in [7, 11) is -3.61. The van der Waals surface area contributed by atoms with Crippen molar-refractivity contribution in [2.24, 2.45) is 5.92 Å². The minimum absolute atomic E-state index is 0.282. The Morgan fingerprint density at radius 1 is 1.33 bits per heavy atom. The molecule has 0 unspecified atom stereocenters. The third kappa shape index (κ3) is 4.78. The second kappa shape index (κ2) is 7.31. The summed E-state index contributed by atoms with van der Waals surface area (Å²) in [4.78, 5) is 0. The Morgan fingerprint density at radius 3 is 2.88 bits per heavy atom. The van der Waals surface area contributed by atoms with Crippen molar-refractivity contribution in [2.75, 3.05) is 17.9 Å². The Bertz CT molecular complexity index is 785. The van der Waals surface area contributed by atoms with Crippen molar-refractivity contribution in [1.29, 1.82) is 0 Å². The molecule has 0 atom stereocenters. The van der Waals surface area contributed by atoms with Crippen molar-refractivity contribution in [3.8, 4) is 0 Å². The van der Waals surface area contributed by atoms with Gasteiger partial charge in [-0.1, -0.05) is 12.1 Å². The highest BCUT2D eigenvalue weighted by molar-refractivity contribution is 7.91. The zero-order chi connectivity index (χ0) is 17.0. The predicted octanol–water partition coefficient (Wildman–Crippen LogP) is 2.39. The molecular weight excluding hydrogens is 333 g/mol. The average molecular weight is 353 g/mol. The van der Waals surface area contributed by atoms with Gasteiger partial charge >= 0.3 is 0 Å². The maximum atomic E-state index is 13.2. The molecule has 0 spiro atoms. The summed E-state index contributed by atoms with van der Waals surface area (Å²) in [5.41, 5.74) is 0.815. The standard InChI is InChI=1S/C16H20FN3O3S/c17-15-3-1-2-14(8-15)12-24(21,22)19-16-9-18-20(11-16)10-13-4-6-23-7-5-13/h1-3,8-9,11,13,19H,4-7,10,12H2. The lowest BCUT2D eigenvalue weighted by Crippen LogP contribution is -2.20. The molecule has 0 saturated carbocycles. The van der Waals surface area contributed by atoms with Crippen molar-refractivity contribution >= 4 is 15.7 Å². The van der Waals surface area contributed by atoms with E-state index in [1.165, 1.54) is 24.4 Å². The fourth-order valence-corrected chi connectivity index (χ4v) is 3.93. The van der Waals surface area contributed by atoms with Crippen molar-refractivity contribution in [1.82, 2.24) is 9.78 Å². The van der Waals surface area contributed by atoms with E-state index in [1.54, 1.807) is 16.9 Å². The highest BCUT2D eigenvalue weighted by atomic mass is 32.2. The van der Waals surface area contributed by atoms with Gasteiger partial charge in [0.05, 0.1) is 17.6 Å². The highest BCUT2D eigenvalue weighted by Crippen LogP contribution is 2.18. The molecule has 0 aliphatic carbocycles. The molecule has 0 amide bonds. The Labute approximate surface area is 140 Å². The number of anilines is 1. The van der Waals surface area contributed by atoms with Crippen LogP contribution in [0.15, 0.2) is 36.7 Å². The highest BCUT2D eigenvalue weighted by Gasteiger charge is 2.16. The minimum atomic E-state index is -3.61. The summed E-state index contributed by atoms with van der Waals surface area (Å²) in [6, 6.07) is 5.57. The van der Waals surface area contributed by atoms with Crippen LogP contribution >= 0.6 is 0 Å². The molecule has 1 aromatic heterocycles. The van der Waals surface area contributed by atoms with Gasteiger partial charge in [0.2, 0.25) is 10.0 Å². The number of aromatic nitrogens is 2. The molecule has 3 rings (SSSR count). The van der Waals surface area contributed by atoms with E-state index in [9.17, 15) is 12.8 Å². The van der Waals surface area contributed by atoms with Crippen LogP contribution in [0.5, 0.6) is 0 Å². The monoisotopic (exact) mass is 353 g/mol. The fourth-order valence-electron chi connectivity index (χ4n) is 2.77. The Morgan fingerprint density at radius 2 is 2.12 bits per heavy atom. The number of halogens is 1. The van der Waals surface area contributed by atoms with Gasteiger partial charge in [0.15, 0.2) is 0 Å². The van der Waals surface area contributed by atoms with Crippen LogP contribution in [0.2, 0.25) is 0 Å². The molecule has 2 aromatic rings. The molecule has 1 aliphatic heterocycles. The van der Waals surface area contributed by atoms with E-state index in [4.69, 9.17) is 4.74 Å². The third-order valence-corrected chi connectivity index (χ3v) is 5.20. The molecule has 0 radical (unpaired) electrons. The lowest BCUT2D eigenvalue weighted by molar-refractivity contribution is 0.0601. The summed E-state index contributed by atoms with van der Waals surface area (Å²) in [6.07, 6.45) is 5.14. The van der Waals surface area contributed by atoms with Crippen LogP contribution in [-0.4, -0.2) is 31.4 Å². The molecule has 2 heterocycles. The van der Waals surface area contributed by atoms with Gasteiger partial charge in [-0.3, -0.25) is 9.40 Å². The second-order valence-corrected chi connectivity index (χ2v) is 7.72. The van der Waals surface area contributed by atoms with Crippen molar-refractivity contribution in [3.05, 3.63) is 48.0 Å². The zero-order valence-corrected chi connectivity index (χ0v) is 14.0. The first-order chi connectivity index (χ1) is 11.5. The summed E-state index contributed by atoms with van der Waals surface area (Å²) >= 11 is 0. The SMILES string of the molecule is O=S(=O)(Cc1cccc(F)c1)Nc1cnn(CC2CCOCC2)c1. The van der Waals surface area contributed by atoms with Gasteiger partial charge in [0.1, 0.15) is 5.82 Å². The van der Waals surface area contributed by atoms with Gasteiger partial charge in [0, 0.05) is 26.0 Å². The van der Waals surface area contributed by atoms with Crippen molar-refractivity contribution < 1.29 is 17.5 Å². The van der Waals surface area contributed by atoms with Gasteiger partial charge in [-0.05, 0) is 36.5 Å². The lowest BCUT2D eigenvalue weighted by atomic mass is 10.0. The molecule has 8 heteroatoms. The number of ether oxygens (including phenoxy) is 1. The molecule has 130 valence electrons. The first kappa shape index (κ1) is 16.9. The third-order valence-electron chi connectivity index (χ3n) is 3.94. The van der Waals surface area contributed by atoms with Crippen molar-refractivity contribution in [2.45, 2.75) is 25.1 Å². The Kier molecular flexibility index (Phi) is 5.15. The second-order valence-electron chi connectivity index (χ2n) is 6.00. The summed E-state index contributed by atoms with van der Waals surface area (Å²) in [5.74, 6) is -0.238. The van der Waals surface area contributed by atoms with Gasteiger partial charge in [-0.25, -0.2) is 12.8 Å². The van der Waals surface area contributed by atoms with E-state index >= 15 is 0 Å². The molecule has 0 bridgehead atoms. The molecule has 1 N–H and O–H groups in total. The fraction of sp³-hybridized carbons (Fsp3) is 0.438. The molecule has 24 heavy (non-hydrogen) atoms. The van der Waals surface area contributed by atoms with E-state index in [0.29, 0.717) is 17.2 Å². The number of nitrogens with zero attached hydrogens (tertiary/aromatic N) is 2. The molecule has 1 fully saturated rings. The Hall–Kier alpha value is -1.93. The first-order valence-corrected chi connectivity index (χ1v) is 9.50. The number of hydrogen-bond donors (Lipinski definition) is 1. The zero-order valence-electron chi connectivity index (χ0n) is 13.2. The first-order valence-electron chi connectivity index (χ1n) is 7.85. The quantitative estimate of drug-likeness (QED) is 0.865. The summed E-state index contributed by atoms with van der Waals surface area (Å²) < 4.78 is 47.1. The summed E-state index contributed by atoms with van der Waals surface area (Å²) in [5, 5.41) is 4.20. The number of benzene rings is 1. The van der Waals surface area contributed by atoms with E-state index < -0.39 is 15.8 Å². The number of rotatable bonds is 6. The van der Waals surface area contributed by atoms with Crippen LogP contribution in [0.25, 0.3) is 0 Å². The Balaban J connectivity index is 1.60. The number of sulfonamides is 1. The van der Waals surface area contributed by atoms with Crippen LogP contribution in [0.4, 0.5) is 10.1 Å². The smallest absolute Gasteiger partial charge is 0.237 e. The van der Waals surface area contributed by atoms with Crippen LogP contribution < -0.4 is 4.72 Å². The van der Waals surface area contributed by atoms with E-state index in [1.807, 2.05) is 0 Å². The van der Waals surface area contributed by atoms with Gasteiger partial charge in [-0.2, -0.15) is 5.10 Å². The topological polar surface area (TPSA) is 73.2 Å². The number of nitrogens with one attached hydrogen (secondary N) is 1. The van der Waals surface area contributed by atoms with Gasteiger partial charge < -0.3 is 4.74 Å². The predicted molar refractivity (Wildman–Crippen MR) is 88.4 cm³/mol. The lowest BCUT2D eigenvalue weighted by Gasteiger charge is -2.21. The molecular formula is C16H20FN3O3S. The maximum Gasteiger partial charge on any atom is 0.237 e. The molecule has 1 aliphatic rings.